The van der Waals surface area contributed by atoms with Crippen LogP contribution in [0.25, 0.3) is 0 Å². The summed E-state index contributed by atoms with van der Waals surface area (Å²) in [6.45, 7) is 0. The van der Waals surface area contributed by atoms with Crippen molar-refractivity contribution in [3.63, 3.8) is 0 Å². The summed E-state index contributed by atoms with van der Waals surface area (Å²) in [7, 11) is 0. The lowest BCUT2D eigenvalue weighted by molar-refractivity contribution is -0.130. The molecular formula is C19H31N3O2. The number of hydrogen-bond donors (Lipinski definition) is 2. The Morgan fingerprint density at radius 2 is 1.62 bits per heavy atom. The van der Waals surface area contributed by atoms with Gasteiger partial charge in [-0.3, -0.25) is 4.79 Å². The maximum Gasteiger partial charge on any atom is 0.223 e. The van der Waals surface area contributed by atoms with Gasteiger partial charge in [0.1, 0.15) is 0 Å². The molecule has 2 N–H and O–H groups in total. The van der Waals surface area contributed by atoms with Crippen LogP contribution in [-0.4, -0.2) is 30.2 Å². The second-order valence-corrected chi connectivity index (χ2v) is 7.85. The second-order valence-electron chi connectivity index (χ2n) is 7.85. The molecule has 4 atom stereocenters. The Morgan fingerprint density at radius 3 is 2.42 bits per heavy atom. The first-order chi connectivity index (χ1) is 11.7. The smallest absolute Gasteiger partial charge is 0.223 e. The molecule has 134 valence electrons. The van der Waals surface area contributed by atoms with Gasteiger partial charge in [-0.25, -0.2) is 0 Å². The summed E-state index contributed by atoms with van der Waals surface area (Å²) in [5, 5.41) is 14.7. The first kappa shape index (κ1) is 17.5. The molecule has 3 aliphatic carbocycles. The number of carbonyl (C=O) groups is 1. The number of rotatable bonds is 5. The van der Waals surface area contributed by atoms with Gasteiger partial charge in [-0.15, -0.1) is 0 Å². The third-order valence-electron chi connectivity index (χ3n) is 5.98. The molecule has 3 fully saturated rings. The van der Waals surface area contributed by atoms with Crippen molar-refractivity contribution in [2.45, 2.75) is 101 Å². The Balaban J connectivity index is 1.42. The van der Waals surface area contributed by atoms with Crippen LogP contribution in [0.15, 0.2) is 0 Å². The molecule has 0 aromatic rings. The predicted molar refractivity (Wildman–Crippen MR) is 92.0 cm³/mol. The van der Waals surface area contributed by atoms with Crippen molar-refractivity contribution >= 4 is 5.91 Å². The molecule has 0 aromatic carbocycles. The molecule has 1 amide bonds. The molecule has 24 heavy (non-hydrogen) atoms. The number of nitriles is 1. The highest BCUT2D eigenvalue weighted by molar-refractivity contribution is 5.79. The van der Waals surface area contributed by atoms with E-state index in [4.69, 9.17) is 10.00 Å². The lowest BCUT2D eigenvalue weighted by Crippen LogP contribution is -2.41. The van der Waals surface area contributed by atoms with Gasteiger partial charge in [0.25, 0.3) is 0 Å². The van der Waals surface area contributed by atoms with Crippen LogP contribution in [0.5, 0.6) is 0 Å². The Hall–Kier alpha value is -1.28. The summed E-state index contributed by atoms with van der Waals surface area (Å²) >= 11 is 0. The van der Waals surface area contributed by atoms with Crippen molar-refractivity contribution in [3.05, 3.63) is 0 Å². The van der Waals surface area contributed by atoms with Crippen molar-refractivity contribution in [3.8, 4) is 6.19 Å². The molecule has 3 rings (SSSR count). The topological polar surface area (TPSA) is 74.2 Å². The number of hydrogen-bond acceptors (Lipinski definition) is 4. The number of ether oxygens (including phenoxy) is 1. The van der Waals surface area contributed by atoms with Crippen LogP contribution in [0.4, 0.5) is 0 Å². The van der Waals surface area contributed by atoms with Gasteiger partial charge in [-0.05, 0) is 51.4 Å². The molecule has 0 saturated heterocycles. The van der Waals surface area contributed by atoms with Crippen LogP contribution in [0.2, 0.25) is 0 Å². The van der Waals surface area contributed by atoms with Crippen molar-refractivity contribution in [1.29, 1.82) is 5.26 Å². The average molecular weight is 333 g/mol. The number of amides is 1. The molecule has 0 aromatic heterocycles. The monoisotopic (exact) mass is 333 g/mol. The van der Waals surface area contributed by atoms with Crippen LogP contribution in [0.1, 0.15) is 77.0 Å². The average Bonchev–Trinajstić information content (AvgIpc) is 3.03. The Morgan fingerprint density at radius 1 is 0.875 bits per heavy atom. The summed E-state index contributed by atoms with van der Waals surface area (Å²) in [6, 6.07) is 0.456. The van der Waals surface area contributed by atoms with E-state index in [-0.39, 0.29) is 30.0 Å². The molecule has 0 heterocycles. The summed E-state index contributed by atoms with van der Waals surface area (Å²) in [5.41, 5.74) is 0. The van der Waals surface area contributed by atoms with Crippen LogP contribution in [0, 0.1) is 17.4 Å². The molecule has 5 nitrogen and oxygen atoms in total. The van der Waals surface area contributed by atoms with Crippen LogP contribution in [0.3, 0.4) is 0 Å². The van der Waals surface area contributed by atoms with Gasteiger partial charge in [-0.2, -0.15) is 5.26 Å². The lowest BCUT2D eigenvalue weighted by Gasteiger charge is -2.33. The zero-order chi connectivity index (χ0) is 16.8. The first-order valence-corrected chi connectivity index (χ1v) is 9.85. The van der Waals surface area contributed by atoms with Gasteiger partial charge in [0.15, 0.2) is 6.19 Å². The van der Waals surface area contributed by atoms with E-state index < -0.39 is 0 Å². The molecule has 3 saturated carbocycles. The van der Waals surface area contributed by atoms with E-state index in [1.54, 1.807) is 0 Å². The SMILES string of the molecule is N#CN[C@H]1CC[C@@H](NC(=O)C2CCCC(OC3CCCCC3)C2)C1. The zero-order valence-corrected chi connectivity index (χ0v) is 14.6. The standard InChI is InChI=1S/C19H31N3O2/c20-13-21-15-9-10-16(12-15)22-19(23)14-5-4-8-18(11-14)24-17-6-2-1-3-7-17/h14-18,21H,1-12H2,(H,22,23)/t14?,15-,16+,18?/m0/s1. The fraction of sp³-hybridized carbons (Fsp3) is 0.895. The molecular weight excluding hydrogens is 302 g/mol. The molecule has 0 bridgehead atoms. The van der Waals surface area contributed by atoms with Crippen molar-refractivity contribution in [2.24, 2.45) is 5.92 Å². The van der Waals surface area contributed by atoms with E-state index in [1.165, 1.54) is 32.1 Å². The lowest BCUT2D eigenvalue weighted by atomic mass is 9.86. The van der Waals surface area contributed by atoms with Crippen LogP contribution in [-0.2, 0) is 9.53 Å². The molecule has 2 unspecified atom stereocenters. The van der Waals surface area contributed by atoms with Gasteiger partial charge in [0, 0.05) is 18.0 Å². The van der Waals surface area contributed by atoms with E-state index in [0.717, 1.165) is 44.9 Å². The van der Waals surface area contributed by atoms with E-state index in [9.17, 15) is 4.79 Å². The molecule has 5 heteroatoms. The fourth-order valence-electron chi connectivity index (χ4n) is 4.63. The van der Waals surface area contributed by atoms with E-state index in [1.807, 2.05) is 6.19 Å². The molecule has 3 aliphatic rings. The molecule has 0 radical (unpaired) electrons. The van der Waals surface area contributed by atoms with Gasteiger partial charge < -0.3 is 15.4 Å². The number of carbonyl (C=O) groups excluding carboxylic acids is 1. The largest absolute Gasteiger partial charge is 0.375 e. The fourth-order valence-corrected chi connectivity index (χ4v) is 4.63. The number of nitrogens with one attached hydrogen (secondary N) is 2. The minimum atomic E-state index is 0.107. The summed E-state index contributed by atoms with van der Waals surface area (Å²) in [6.07, 6.45) is 15.9. The molecule has 0 spiro atoms. The van der Waals surface area contributed by atoms with Crippen molar-refractivity contribution < 1.29 is 9.53 Å². The van der Waals surface area contributed by atoms with Gasteiger partial charge >= 0.3 is 0 Å². The van der Waals surface area contributed by atoms with E-state index in [0.29, 0.717) is 6.10 Å². The van der Waals surface area contributed by atoms with Crippen molar-refractivity contribution in [2.75, 3.05) is 0 Å². The van der Waals surface area contributed by atoms with Gasteiger partial charge in [-0.1, -0.05) is 25.7 Å². The second kappa shape index (κ2) is 8.71. The predicted octanol–water partition coefficient (Wildman–Crippen LogP) is 3.00. The third kappa shape index (κ3) is 4.86. The Labute approximate surface area is 145 Å². The van der Waals surface area contributed by atoms with Crippen LogP contribution < -0.4 is 10.6 Å². The van der Waals surface area contributed by atoms with Crippen molar-refractivity contribution in [1.82, 2.24) is 10.6 Å². The highest BCUT2D eigenvalue weighted by Gasteiger charge is 2.32. The quantitative estimate of drug-likeness (QED) is 0.599. The van der Waals surface area contributed by atoms with E-state index in [2.05, 4.69) is 10.6 Å². The minimum absolute atomic E-state index is 0.107. The van der Waals surface area contributed by atoms with Gasteiger partial charge in [0.05, 0.1) is 12.2 Å². The Kier molecular flexibility index (Phi) is 6.37. The van der Waals surface area contributed by atoms with E-state index >= 15 is 0 Å². The highest BCUT2D eigenvalue weighted by atomic mass is 16.5. The van der Waals surface area contributed by atoms with Gasteiger partial charge in [0.2, 0.25) is 5.91 Å². The first-order valence-electron chi connectivity index (χ1n) is 9.85. The highest BCUT2D eigenvalue weighted by Crippen LogP contribution is 2.31. The number of nitrogens with zero attached hydrogens (tertiary/aromatic N) is 1. The summed E-state index contributed by atoms with van der Waals surface area (Å²) in [4.78, 5) is 12.6. The minimum Gasteiger partial charge on any atom is -0.375 e. The zero-order valence-electron chi connectivity index (χ0n) is 14.6. The Bertz CT molecular complexity index is 456. The normalized spacial score (nSPS) is 34.5. The summed E-state index contributed by atoms with van der Waals surface area (Å²) < 4.78 is 6.31. The molecule has 0 aliphatic heterocycles. The maximum absolute atomic E-state index is 12.6. The third-order valence-corrected chi connectivity index (χ3v) is 5.98. The van der Waals surface area contributed by atoms with Crippen LogP contribution >= 0.6 is 0 Å². The maximum atomic E-state index is 12.6. The summed E-state index contributed by atoms with van der Waals surface area (Å²) in [5.74, 6) is 0.310.